The summed E-state index contributed by atoms with van der Waals surface area (Å²) in [5, 5.41) is 3.81. The molecule has 4 nitrogen and oxygen atoms in total. The zero-order chi connectivity index (χ0) is 15.7. The number of aryl methyl sites for hydroxylation is 1. The Balaban J connectivity index is 2.43. The Morgan fingerprint density at radius 1 is 1.43 bits per heavy atom. The van der Waals surface area contributed by atoms with Gasteiger partial charge >= 0.3 is 0 Å². The molecule has 1 heterocycles. The lowest BCUT2D eigenvalue weighted by Crippen LogP contribution is -2.25. The van der Waals surface area contributed by atoms with Crippen molar-refractivity contribution in [3.8, 4) is 0 Å². The second-order valence-electron chi connectivity index (χ2n) is 4.49. The molecule has 21 heavy (non-hydrogen) atoms. The third-order valence-corrected chi connectivity index (χ3v) is 3.85. The van der Waals surface area contributed by atoms with E-state index in [0.29, 0.717) is 5.69 Å². The maximum atomic E-state index is 13.5. The first-order valence-electron chi connectivity index (χ1n) is 5.92. The van der Waals surface area contributed by atoms with Gasteiger partial charge in [-0.15, -0.1) is 0 Å². The summed E-state index contributed by atoms with van der Waals surface area (Å²) in [6.45, 7) is 0. The maximum Gasteiger partial charge on any atom is 0.226 e. The van der Waals surface area contributed by atoms with Crippen molar-refractivity contribution < 1.29 is 13.6 Å². The number of aromatic nitrogens is 2. The second-order valence-corrected chi connectivity index (χ2v) is 5.28. The quantitative estimate of drug-likeness (QED) is 0.874. The number of benzene rings is 1. The molecule has 1 aromatic carbocycles. The minimum Gasteiger partial charge on any atom is -0.369 e. The molecule has 2 aromatic rings. The standard InChI is InChI=1S/C13H11Cl2F2N3O/c1-20-12(8(14)5-19-20)7(13(18)21)4-6-2-3-9(16)11(17)10(6)15/h2-3,5,7H,4H2,1H3,(H2,18,21). The lowest BCUT2D eigenvalue weighted by molar-refractivity contribution is -0.119. The van der Waals surface area contributed by atoms with Crippen molar-refractivity contribution in [3.63, 3.8) is 0 Å². The molecule has 0 spiro atoms. The van der Waals surface area contributed by atoms with Gasteiger partial charge in [-0.25, -0.2) is 8.78 Å². The van der Waals surface area contributed by atoms with Gasteiger partial charge in [0.15, 0.2) is 11.6 Å². The molecule has 0 aliphatic heterocycles. The van der Waals surface area contributed by atoms with Gasteiger partial charge in [0.1, 0.15) is 0 Å². The molecule has 112 valence electrons. The van der Waals surface area contributed by atoms with E-state index in [1.165, 1.54) is 16.9 Å². The number of hydrogen-bond acceptors (Lipinski definition) is 2. The first-order valence-corrected chi connectivity index (χ1v) is 6.67. The summed E-state index contributed by atoms with van der Waals surface area (Å²) in [6, 6.07) is 2.25. The van der Waals surface area contributed by atoms with E-state index in [1.807, 2.05) is 0 Å². The van der Waals surface area contributed by atoms with Crippen molar-refractivity contribution in [1.82, 2.24) is 9.78 Å². The van der Waals surface area contributed by atoms with Crippen LogP contribution in [0.25, 0.3) is 0 Å². The van der Waals surface area contributed by atoms with Gasteiger partial charge in [-0.3, -0.25) is 9.48 Å². The van der Waals surface area contributed by atoms with Gasteiger partial charge in [-0.05, 0) is 18.1 Å². The number of carbonyl (C=O) groups is 1. The molecule has 0 saturated heterocycles. The first kappa shape index (κ1) is 15.7. The van der Waals surface area contributed by atoms with Crippen molar-refractivity contribution in [2.75, 3.05) is 0 Å². The van der Waals surface area contributed by atoms with Gasteiger partial charge in [0.2, 0.25) is 5.91 Å². The highest BCUT2D eigenvalue weighted by Gasteiger charge is 2.26. The van der Waals surface area contributed by atoms with Crippen LogP contribution >= 0.6 is 23.2 Å². The van der Waals surface area contributed by atoms with E-state index in [0.717, 1.165) is 6.07 Å². The van der Waals surface area contributed by atoms with Gasteiger partial charge in [0.05, 0.1) is 27.9 Å². The van der Waals surface area contributed by atoms with Crippen LogP contribution in [-0.4, -0.2) is 15.7 Å². The molecule has 0 aliphatic carbocycles. The van der Waals surface area contributed by atoms with Crippen LogP contribution in [0.3, 0.4) is 0 Å². The van der Waals surface area contributed by atoms with E-state index >= 15 is 0 Å². The molecule has 2 rings (SSSR count). The van der Waals surface area contributed by atoms with E-state index in [9.17, 15) is 13.6 Å². The number of primary amides is 1. The van der Waals surface area contributed by atoms with Gasteiger partial charge < -0.3 is 5.73 Å². The van der Waals surface area contributed by atoms with Crippen molar-refractivity contribution >= 4 is 29.1 Å². The fourth-order valence-corrected chi connectivity index (χ4v) is 2.62. The zero-order valence-corrected chi connectivity index (χ0v) is 12.4. The third-order valence-electron chi connectivity index (χ3n) is 3.15. The highest BCUT2D eigenvalue weighted by atomic mass is 35.5. The first-order chi connectivity index (χ1) is 9.82. The van der Waals surface area contributed by atoms with Crippen molar-refractivity contribution in [2.45, 2.75) is 12.3 Å². The minimum atomic E-state index is -1.16. The van der Waals surface area contributed by atoms with E-state index in [-0.39, 0.29) is 22.0 Å². The topological polar surface area (TPSA) is 60.9 Å². The Bertz CT molecular complexity index is 683. The SMILES string of the molecule is Cn1ncc(Cl)c1C(Cc1ccc(F)c(F)c1Cl)C(N)=O. The third kappa shape index (κ3) is 3.01. The lowest BCUT2D eigenvalue weighted by Gasteiger charge is -2.16. The van der Waals surface area contributed by atoms with Gasteiger partial charge in [0, 0.05) is 7.05 Å². The van der Waals surface area contributed by atoms with E-state index in [1.54, 1.807) is 7.05 Å². The van der Waals surface area contributed by atoms with Gasteiger partial charge in [-0.1, -0.05) is 29.3 Å². The Morgan fingerprint density at radius 3 is 2.62 bits per heavy atom. The number of hydrogen-bond donors (Lipinski definition) is 1. The molecule has 8 heteroatoms. The Hall–Kier alpha value is -1.66. The molecule has 1 atom stereocenters. The lowest BCUT2D eigenvalue weighted by atomic mass is 9.95. The summed E-state index contributed by atoms with van der Waals surface area (Å²) in [5.74, 6) is -3.74. The summed E-state index contributed by atoms with van der Waals surface area (Å²) in [7, 11) is 1.60. The van der Waals surface area contributed by atoms with Gasteiger partial charge in [0.25, 0.3) is 0 Å². The van der Waals surface area contributed by atoms with Crippen molar-refractivity contribution in [1.29, 1.82) is 0 Å². The van der Waals surface area contributed by atoms with Gasteiger partial charge in [-0.2, -0.15) is 5.10 Å². The average molecular weight is 334 g/mol. The van der Waals surface area contributed by atoms with Crippen molar-refractivity contribution in [2.24, 2.45) is 12.8 Å². The van der Waals surface area contributed by atoms with Crippen LogP contribution in [0, 0.1) is 11.6 Å². The molecular formula is C13H11Cl2F2N3O. The van der Waals surface area contributed by atoms with E-state index in [4.69, 9.17) is 28.9 Å². The maximum absolute atomic E-state index is 13.5. The summed E-state index contributed by atoms with van der Waals surface area (Å²) in [6.07, 6.45) is 1.37. The molecule has 0 saturated carbocycles. The average Bonchev–Trinajstić information content (AvgIpc) is 2.75. The Labute approximate surface area is 129 Å². The number of rotatable bonds is 4. The smallest absolute Gasteiger partial charge is 0.226 e. The summed E-state index contributed by atoms with van der Waals surface area (Å²) in [5.41, 5.74) is 6.04. The van der Waals surface area contributed by atoms with Crippen LogP contribution in [-0.2, 0) is 18.3 Å². The van der Waals surface area contributed by atoms with Crippen LogP contribution in [0.2, 0.25) is 10.0 Å². The zero-order valence-electron chi connectivity index (χ0n) is 10.9. The largest absolute Gasteiger partial charge is 0.369 e. The Kier molecular flexibility index (Phi) is 4.49. The molecule has 0 fully saturated rings. The monoisotopic (exact) mass is 333 g/mol. The van der Waals surface area contributed by atoms with Crippen LogP contribution in [0.1, 0.15) is 17.2 Å². The molecule has 0 radical (unpaired) electrons. The fourth-order valence-electron chi connectivity index (χ4n) is 2.09. The number of amides is 1. The summed E-state index contributed by atoms with van der Waals surface area (Å²) < 4.78 is 28.0. The van der Waals surface area contributed by atoms with Crippen LogP contribution in [0.5, 0.6) is 0 Å². The molecule has 0 bridgehead atoms. The molecular weight excluding hydrogens is 323 g/mol. The molecule has 1 amide bonds. The van der Waals surface area contributed by atoms with Crippen LogP contribution < -0.4 is 5.73 Å². The minimum absolute atomic E-state index is 0.00931. The predicted molar refractivity (Wildman–Crippen MR) is 75.2 cm³/mol. The van der Waals surface area contributed by atoms with Crippen LogP contribution in [0.4, 0.5) is 8.78 Å². The fraction of sp³-hybridized carbons (Fsp3) is 0.231. The predicted octanol–water partition coefficient (Wildman–Crippen LogP) is 2.82. The summed E-state index contributed by atoms with van der Waals surface area (Å²) >= 11 is 11.8. The molecule has 0 aliphatic rings. The molecule has 1 aromatic heterocycles. The number of carbonyl (C=O) groups excluding carboxylic acids is 1. The summed E-state index contributed by atoms with van der Waals surface area (Å²) in [4.78, 5) is 11.7. The van der Waals surface area contributed by atoms with E-state index in [2.05, 4.69) is 5.10 Å². The molecule has 1 unspecified atom stereocenters. The second kappa shape index (κ2) is 5.99. The molecule has 2 N–H and O–H groups in total. The number of nitrogens with zero attached hydrogens (tertiary/aromatic N) is 2. The highest BCUT2D eigenvalue weighted by molar-refractivity contribution is 6.32. The Morgan fingerprint density at radius 2 is 2.10 bits per heavy atom. The normalized spacial score (nSPS) is 12.4. The van der Waals surface area contributed by atoms with E-state index < -0.39 is 23.5 Å². The van der Waals surface area contributed by atoms with Crippen LogP contribution in [0.15, 0.2) is 18.3 Å². The van der Waals surface area contributed by atoms with Crippen molar-refractivity contribution in [3.05, 3.63) is 51.3 Å². The number of halogens is 4. The number of nitrogens with two attached hydrogens (primary N) is 1. The highest BCUT2D eigenvalue weighted by Crippen LogP contribution is 2.31.